The average molecular weight is 393 g/mol. The molecule has 3 N–H and O–H groups in total. The lowest BCUT2D eigenvalue weighted by molar-refractivity contribution is 0.0955. The number of benzene rings is 1. The second-order valence-corrected chi connectivity index (χ2v) is 7.06. The van der Waals surface area contributed by atoms with E-state index < -0.39 is 0 Å². The Labute approximate surface area is 165 Å². The van der Waals surface area contributed by atoms with Crippen molar-refractivity contribution in [2.75, 3.05) is 12.3 Å². The number of carbonyl (C=O) groups excluding carboxylic acids is 1. The Morgan fingerprint density at radius 2 is 2.14 bits per heavy atom. The number of hydrogen-bond acceptors (Lipinski definition) is 6. The zero-order valence-corrected chi connectivity index (χ0v) is 16.1. The Bertz CT molecular complexity index is 1130. The Morgan fingerprint density at radius 1 is 1.25 bits per heavy atom. The summed E-state index contributed by atoms with van der Waals surface area (Å²) < 4.78 is 7.12. The van der Waals surface area contributed by atoms with Gasteiger partial charge in [-0.25, -0.2) is 4.52 Å². The third-order valence-corrected chi connectivity index (χ3v) is 5.10. The van der Waals surface area contributed by atoms with Gasteiger partial charge in [-0.1, -0.05) is 12.1 Å². The third kappa shape index (κ3) is 3.81. The van der Waals surface area contributed by atoms with Crippen molar-refractivity contribution in [1.29, 1.82) is 0 Å². The van der Waals surface area contributed by atoms with Crippen molar-refractivity contribution in [1.82, 2.24) is 19.9 Å². The molecule has 0 unspecified atom stereocenters. The maximum atomic E-state index is 12.5. The molecule has 0 aliphatic rings. The summed E-state index contributed by atoms with van der Waals surface area (Å²) in [6, 6.07) is 13.4. The van der Waals surface area contributed by atoms with Crippen LogP contribution in [0.3, 0.4) is 0 Å². The van der Waals surface area contributed by atoms with Crippen molar-refractivity contribution in [3.63, 3.8) is 0 Å². The standard InChI is InChI=1S/C20H19N5O2S/c1-2-27-16-5-3-4-13(8-16)10-22-19(26)17-9-15(12-28-17)14-6-7-18-23-20(21)24-25(18)11-14/h3-9,11-12H,2,10H2,1H3,(H2,21,24)(H,22,26). The molecule has 1 aromatic carbocycles. The molecule has 0 saturated carbocycles. The number of hydrogen-bond donors (Lipinski definition) is 2. The van der Waals surface area contributed by atoms with Crippen molar-refractivity contribution < 1.29 is 9.53 Å². The Hall–Kier alpha value is -3.39. The summed E-state index contributed by atoms with van der Waals surface area (Å²) in [5.74, 6) is 0.928. The maximum Gasteiger partial charge on any atom is 0.261 e. The van der Waals surface area contributed by atoms with E-state index in [0.29, 0.717) is 23.7 Å². The maximum absolute atomic E-state index is 12.5. The van der Waals surface area contributed by atoms with Gasteiger partial charge in [0.05, 0.1) is 11.5 Å². The molecule has 0 radical (unpaired) electrons. The summed E-state index contributed by atoms with van der Waals surface area (Å²) >= 11 is 1.40. The molecule has 8 heteroatoms. The van der Waals surface area contributed by atoms with Gasteiger partial charge in [0.15, 0.2) is 5.65 Å². The van der Waals surface area contributed by atoms with E-state index in [1.165, 1.54) is 11.3 Å². The fraction of sp³-hybridized carbons (Fsp3) is 0.150. The summed E-state index contributed by atoms with van der Waals surface area (Å²) in [5, 5.41) is 9.03. The minimum atomic E-state index is -0.107. The number of ether oxygens (including phenoxy) is 1. The molecule has 3 heterocycles. The van der Waals surface area contributed by atoms with Gasteiger partial charge in [0.2, 0.25) is 5.95 Å². The molecule has 4 rings (SSSR count). The summed E-state index contributed by atoms with van der Waals surface area (Å²) in [6.45, 7) is 3.00. The molecule has 7 nitrogen and oxygen atoms in total. The predicted octanol–water partition coefficient (Wildman–Crippen LogP) is 3.37. The number of nitrogens with two attached hydrogens (primary N) is 1. The number of carbonyl (C=O) groups is 1. The van der Waals surface area contributed by atoms with Crippen LogP contribution < -0.4 is 15.8 Å². The second-order valence-electron chi connectivity index (χ2n) is 6.15. The van der Waals surface area contributed by atoms with Gasteiger partial charge in [-0.2, -0.15) is 4.98 Å². The molecular weight excluding hydrogens is 374 g/mol. The number of pyridine rings is 1. The molecular formula is C20H19N5O2S. The lowest BCUT2D eigenvalue weighted by Gasteiger charge is -2.07. The number of amides is 1. The summed E-state index contributed by atoms with van der Waals surface area (Å²) in [6.07, 6.45) is 1.85. The summed E-state index contributed by atoms with van der Waals surface area (Å²) in [4.78, 5) is 17.3. The lowest BCUT2D eigenvalue weighted by atomic mass is 10.1. The summed E-state index contributed by atoms with van der Waals surface area (Å²) in [7, 11) is 0. The van der Waals surface area contributed by atoms with E-state index >= 15 is 0 Å². The fourth-order valence-corrected chi connectivity index (χ4v) is 3.69. The highest BCUT2D eigenvalue weighted by Crippen LogP contribution is 2.26. The van der Waals surface area contributed by atoms with Gasteiger partial charge in [0.1, 0.15) is 5.75 Å². The predicted molar refractivity (Wildman–Crippen MR) is 109 cm³/mol. The number of nitrogen functional groups attached to an aromatic ring is 1. The fourth-order valence-electron chi connectivity index (χ4n) is 2.86. The highest BCUT2D eigenvalue weighted by atomic mass is 32.1. The topological polar surface area (TPSA) is 94.5 Å². The van der Waals surface area contributed by atoms with Gasteiger partial charge < -0.3 is 15.8 Å². The number of thiophene rings is 1. The molecule has 1 amide bonds. The van der Waals surface area contributed by atoms with Crippen LogP contribution in [0.25, 0.3) is 16.8 Å². The zero-order valence-electron chi connectivity index (χ0n) is 15.3. The smallest absolute Gasteiger partial charge is 0.261 e. The van der Waals surface area contributed by atoms with Crippen LogP contribution in [0.1, 0.15) is 22.2 Å². The molecule has 0 spiro atoms. The van der Waals surface area contributed by atoms with E-state index in [-0.39, 0.29) is 11.9 Å². The zero-order chi connectivity index (χ0) is 19.5. The van der Waals surface area contributed by atoms with E-state index in [1.807, 2.05) is 61.0 Å². The van der Waals surface area contributed by atoms with Gasteiger partial charge in [-0.15, -0.1) is 16.4 Å². The van der Waals surface area contributed by atoms with Crippen LogP contribution in [0.4, 0.5) is 5.95 Å². The minimum Gasteiger partial charge on any atom is -0.494 e. The molecule has 3 aromatic heterocycles. The van der Waals surface area contributed by atoms with Crippen LogP contribution in [0.5, 0.6) is 5.75 Å². The first-order valence-electron chi connectivity index (χ1n) is 8.83. The first-order chi connectivity index (χ1) is 13.6. The number of nitrogens with zero attached hydrogens (tertiary/aromatic N) is 3. The minimum absolute atomic E-state index is 0.107. The first-order valence-corrected chi connectivity index (χ1v) is 9.71. The van der Waals surface area contributed by atoms with E-state index in [1.54, 1.807) is 4.52 Å². The van der Waals surface area contributed by atoms with Gasteiger partial charge in [-0.3, -0.25) is 4.79 Å². The van der Waals surface area contributed by atoms with Crippen LogP contribution in [0.2, 0.25) is 0 Å². The van der Waals surface area contributed by atoms with Gasteiger partial charge >= 0.3 is 0 Å². The molecule has 0 aliphatic heterocycles. The van der Waals surface area contributed by atoms with Crippen molar-refractivity contribution >= 4 is 28.8 Å². The van der Waals surface area contributed by atoms with Gasteiger partial charge in [0.25, 0.3) is 5.91 Å². The molecule has 142 valence electrons. The molecule has 0 aliphatic carbocycles. The lowest BCUT2D eigenvalue weighted by Crippen LogP contribution is -2.21. The van der Waals surface area contributed by atoms with Crippen LogP contribution in [-0.2, 0) is 6.54 Å². The molecule has 0 atom stereocenters. The number of fused-ring (bicyclic) bond motifs is 1. The molecule has 28 heavy (non-hydrogen) atoms. The molecule has 0 bridgehead atoms. The number of anilines is 1. The third-order valence-electron chi connectivity index (χ3n) is 4.17. The van der Waals surface area contributed by atoms with Crippen molar-refractivity contribution in [2.24, 2.45) is 0 Å². The van der Waals surface area contributed by atoms with Crippen LogP contribution in [0, 0.1) is 0 Å². The summed E-state index contributed by atoms with van der Waals surface area (Å²) in [5.41, 5.74) is 9.19. The van der Waals surface area contributed by atoms with Crippen molar-refractivity contribution in [2.45, 2.75) is 13.5 Å². The Balaban J connectivity index is 1.45. The van der Waals surface area contributed by atoms with E-state index in [9.17, 15) is 4.79 Å². The van der Waals surface area contributed by atoms with Gasteiger partial charge in [-0.05, 0) is 53.8 Å². The van der Waals surface area contributed by atoms with Crippen molar-refractivity contribution in [3.05, 3.63) is 64.5 Å². The van der Waals surface area contributed by atoms with Crippen LogP contribution >= 0.6 is 11.3 Å². The average Bonchev–Trinajstić information content (AvgIpc) is 3.32. The van der Waals surface area contributed by atoms with Crippen LogP contribution in [-0.4, -0.2) is 27.1 Å². The highest BCUT2D eigenvalue weighted by molar-refractivity contribution is 7.12. The quantitative estimate of drug-likeness (QED) is 0.524. The van der Waals surface area contributed by atoms with E-state index in [2.05, 4.69) is 15.4 Å². The monoisotopic (exact) mass is 393 g/mol. The van der Waals surface area contributed by atoms with Gasteiger partial charge in [0, 0.05) is 18.3 Å². The number of rotatable bonds is 6. The Morgan fingerprint density at radius 3 is 3.00 bits per heavy atom. The largest absolute Gasteiger partial charge is 0.494 e. The Kier molecular flexibility index (Phi) is 4.94. The van der Waals surface area contributed by atoms with E-state index in [0.717, 1.165) is 22.4 Å². The van der Waals surface area contributed by atoms with Crippen molar-refractivity contribution in [3.8, 4) is 16.9 Å². The second kappa shape index (κ2) is 7.69. The first kappa shape index (κ1) is 18.0. The van der Waals surface area contributed by atoms with Crippen LogP contribution in [0.15, 0.2) is 54.0 Å². The molecule has 0 saturated heterocycles. The number of nitrogens with one attached hydrogen (secondary N) is 1. The SMILES string of the molecule is CCOc1cccc(CNC(=O)c2cc(-c3ccc4nc(N)nn4c3)cs2)c1. The highest BCUT2D eigenvalue weighted by Gasteiger charge is 2.11. The molecule has 0 fully saturated rings. The molecule has 4 aromatic rings. The van der Waals surface area contributed by atoms with E-state index in [4.69, 9.17) is 10.5 Å². The number of aromatic nitrogens is 3. The normalized spacial score (nSPS) is 10.9.